The summed E-state index contributed by atoms with van der Waals surface area (Å²) >= 11 is 0. The fraction of sp³-hybridized carbons (Fsp3) is 1.00. The number of ether oxygens (including phenoxy) is 1. The van der Waals surface area contributed by atoms with Crippen molar-refractivity contribution in [2.45, 2.75) is 39.7 Å². The molecule has 78 valence electrons. The number of hydrogen-bond acceptors (Lipinski definition) is 1. The van der Waals surface area contributed by atoms with Crippen LogP contribution < -0.4 is 0 Å². The van der Waals surface area contributed by atoms with Crippen LogP contribution in [0.2, 0.25) is 0 Å². The highest BCUT2D eigenvalue weighted by Crippen LogP contribution is 2.15. The van der Waals surface area contributed by atoms with Crippen molar-refractivity contribution in [3.05, 3.63) is 0 Å². The first kappa shape index (κ1) is 11.4. The second-order valence-corrected chi connectivity index (χ2v) is 6.81. The number of rotatable bonds is 5. The van der Waals surface area contributed by atoms with Crippen molar-refractivity contribution in [3.8, 4) is 0 Å². The molecule has 1 nitrogen and oxygen atoms in total. The van der Waals surface area contributed by atoms with Crippen LogP contribution in [0.5, 0.6) is 0 Å². The Labute approximate surface area is 85.6 Å². The molecule has 1 atom stereocenters. The Morgan fingerprint density at radius 2 is 1.77 bits per heavy atom. The lowest BCUT2D eigenvalue weighted by molar-refractivity contribution is 0.0618. The molecule has 1 heterocycles. The van der Waals surface area contributed by atoms with Gasteiger partial charge < -0.3 is 4.74 Å². The number of hydrogen-bond donors (Lipinski definition) is 0. The van der Waals surface area contributed by atoms with Crippen molar-refractivity contribution in [2.24, 2.45) is 5.92 Å². The van der Waals surface area contributed by atoms with E-state index >= 15 is 0 Å². The highest BCUT2D eigenvalue weighted by atomic mass is 32.2. The van der Waals surface area contributed by atoms with Crippen LogP contribution in [-0.4, -0.2) is 30.0 Å². The van der Waals surface area contributed by atoms with E-state index in [-0.39, 0.29) is 0 Å². The fourth-order valence-electron chi connectivity index (χ4n) is 1.62. The molecule has 0 aliphatic carbocycles. The lowest BCUT2D eigenvalue weighted by Crippen LogP contribution is -2.24. The summed E-state index contributed by atoms with van der Waals surface area (Å²) in [5.41, 5.74) is 0. The first-order chi connectivity index (χ1) is 6.18. The van der Waals surface area contributed by atoms with Crippen molar-refractivity contribution < 1.29 is 4.74 Å². The van der Waals surface area contributed by atoms with Gasteiger partial charge in [-0.25, -0.2) is 0 Å². The van der Waals surface area contributed by atoms with E-state index in [1.807, 2.05) is 0 Å². The zero-order valence-corrected chi connectivity index (χ0v) is 10.0. The summed E-state index contributed by atoms with van der Waals surface area (Å²) in [5, 5.41) is 0. The third kappa shape index (κ3) is 4.92. The van der Waals surface area contributed by atoms with Gasteiger partial charge in [0.1, 0.15) is 17.3 Å². The Kier molecular flexibility index (Phi) is 5.18. The molecule has 0 saturated carbocycles. The summed E-state index contributed by atoms with van der Waals surface area (Å²) in [5.74, 6) is 4.92. The van der Waals surface area contributed by atoms with Crippen molar-refractivity contribution in [1.29, 1.82) is 0 Å². The molecule has 0 radical (unpaired) electrons. The first-order valence-electron chi connectivity index (χ1n) is 5.44. The average Bonchev–Trinajstić information content (AvgIpc) is 2.53. The smallest absolute Gasteiger partial charge is 0.133 e. The topological polar surface area (TPSA) is 9.23 Å². The highest BCUT2D eigenvalue weighted by Gasteiger charge is 2.26. The molecule has 1 rings (SSSR count). The van der Waals surface area contributed by atoms with Gasteiger partial charge in [0.25, 0.3) is 0 Å². The molecule has 0 aromatic heterocycles. The first-order valence-corrected chi connectivity index (χ1v) is 7.17. The molecule has 0 aromatic carbocycles. The molecular formula is C11H23OS+. The van der Waals surface area contributed by atoms with E-state index in [9.17, 15) is 0 Å². The summed E-state index contributed by atoms with van der Waals surface area (Å²) < 4.78 is 5.77. The molecule has 1 fully saturated rings. The monoisotopic (exact) mass is 203 g/mol. The average molecular weight is 203 g/mol. The predicted molar refractivity (Wildman–Crippen MR) is 61.5 cm³/mol. The van der Waals surface area contributed by atoms with Crippen molar-refractivity contribution in [2.75, 3.05) is 23.9 Å². The van der Waals surface area contributed by atoms with E-state index in [4.69, 9.17) is 4.74 Å². The normalized spacial score (nSPS) is 21.2. The maximum Gasteiger partial charge on any atom is 0.133 e. The zero-order valence-electron chi connectivity index (χ0n) is 9.21. The van der Waals surface area contributed by atoms with E-state index in [0.29, 0.717) is 22.9 Å². The summed E-state index contributed by atoms with van der Waals surface area (Å²) in [6.45, 7) is 7.58. The van der Waals surface area contributed by atoms with Crippen LogP contribution in [0.15, 0.2) is 0 Å². The standard InChI is InChI=1S/C11H23OS/c1-10(2)8-12-11(3)9-13-6-4-5-7-13/h10-11H,4-9H2,1-3H3/q+1. The van der Waals surface area contributed by atoms with Crippen LogP contribution in [0.4, 0.5) is 0 Å². The Balaban J connectivity index is 2.05. The Hall–Kier alpha value is 0.310. The van der Waals surface area contributed by atoms with E-state index in [0.717, 1.165) is 6.61 Å². The van der Waals surface area contributed by atoms with Gasteiger partial charge >= 0.3 is 0 Å². The minimum Gasteiger partial charge on any atom is -0.373 e. The van der Waals surface area contributed by atoms with Crippen LogP contribution in [0.1, 0.15) is 33.6 Å². The predicted octanol–water partition coefficient (Wildman–Crippen LogP) is 2.46. The maximum atomic E-state index is 5.77. The molecule has 2 heteroatoms. The lowest BCUT2D eigenvalue weighted by Gasteiger charge is -2.13. The van der Waals surface area contributed by atoms with Crippen LogP contribution in [0, 0.1) is 5.92 Å². The van der Waals surface area contributed by atoms with Gasteiger partial charge in [-0.05, 0) is 36.6 Å². The molecular weight excluding hydrogens is 180 g/mol. The third-order valence-corrected chi connectivity index (χ3v) is 4.97. The molecule has 0 aromatic rings. The van der Waals surface area contributed by atoms with Crippen LogP contribution in [-0.2, 0) is 15.6 Å². The molecule has 13 heavy (non-hydrogen) atoms. The summed E-state index contributed by atoms with van der Waals surface area (Å²) in [7, 11) is 0.703. The van der Waals surface area contributed by atoms with Gasteiger partial charge in [-0.1, -0.05) is 13.8 Å². The molecule has 1 saturated heterocycles. The van der Waals surface area contributed by atoms with Gasteiger partial charge in [0.2, 0.25) is 0 Å². The van der Waals surface area contributed by atoms with E-state index in [1.54, 1.807) is 0 Å². The second-order valence-electron chi connectivity index (χ2n) is 4.43. The van der Waals surface area contributed by atoms with Crippen molar-refractivity contribution in [3.63, 3.8) is 0 Å². The maximum absolute atomic E-state index is 5.77. The molecule has 0 amide bonds. The van der Waals surface area contributed by atoms with E-state index < -0.39 is 0 Å². The summed E-state index contributed by atoms with van der Waals surface area (Å²) in [4.78, 5) is 0. The molecule has 1 aliphatic rings. The molecule has 0 bridgehead atoms. The quantitative estimate of drug-likeness (QED) is 0.624. The van der Waals surface area contributed by atoms with Crippen molar-refractivity contribution >= 4 is 10.9 Å². The lowest BCUT2D eigenvalue weighted by atomic mass is 10.2. The highest BCUT2D eigenvalue weighted by molar-refractivity contribution is 7.97. The second kappa shape index (κ2) is 5.92. The van der Waals surface area contributed by atoms with E-state index in [2.05, 4.69) is 20.8 Å². The Morgan fingerprint density at radius 1 is 1.15 bits per heavy atom. The molecule has 1 unspecified atom stereocenters. The SMILES string of the molecule is CC(C)COC(C)C[S+]1CCCC1. The molecule has 1 aliphatic heterocycles. The molecule has 0 spiro atoms. The Bertz CT molecular complexity index is 130. The fourth-order valence-corrected chi connectivity index (χ4v) is 4.14. The van der Waals surface area contributed by atoms with Crippen LogP contribution in [0.3, 0.4) is 0 Å². The zero-order chi connectivity index (χ0) is 9.68. The van der Waals surface area contributed by atoms with E-state index in [1.165, 1.54) is 30.1 Å². The third-order valence-electron chi connectivity index (χ3n) is 2.30. The summed E-state index contributed by atoms with van der Waals surface area (Å²) in [6.07, 6.45) is 3.41. The summed E-state index contributed by atoms with van der Waals surface area (Å²) in [6, 6.07) is 0. The Morgan fingerprint density at radius 3 is 2.31 bits per heavy atom. The van der Waals surface area contributed by atoms with Gasteiger partial charge in [-0.15, -0.1) is 0 Å². The minimum absolute atomic E-state index is 0.490. The van der Waals surface area contributed by atoms with Gasteiger partial charge in [0.05, 0.1) is 6.10 Å². The largest absolute Gasteiger partial charge is 0.373 e. The van der Waals surface area contributed by atoms with Gasteiger partial charge in [0.15, 0.2) is 0 Å². The van der Waals surface area contributed by atoms with Gasteiger partial charge in [-0.2, -0.15) is 0 Å². The van der Waals surface area contributed by atoms with Crippen LogP contribution >= 0.6 is 0 Å². The van der Waals surface area contributed by atoms with Crippen LogP contribution in [0.25, 0.3) is 0 Å². The minimum atomic E-state index is 0.490. The molecule has 0 N–H and O–H groups in total. The van der Waals surface area contributed by atoms with Gasteiger partial charge in [0, 0.05) is 6.61 Å². The van der Waals surface area contributed by atoms with Crippen molar-refractivity contribution in [1.82, 2.24) is 0 Å². The van der Waals surface area contributed by atoms with Gasteiger partial charge in [-0.3, -0.25) is 0 Å².